The summed E-state index contributed by atoms with van der Waals surface area (Å²) in [5.41, 5.74) is 0.574. The van der Waals surface area contributed by atoms with Crippen molar-refractivity contribution in [2.75, 3.05) is 13.1 Å². The first-order valence-corrected chi connectivity index (χ1v) is 11.8. The smallest absolute Gasteiger partial charge is 0.320 e. The largest absolute Gasteiger partial charge is 0.454 e. The monoisotopic (exact) mass is 481 g/mol. The molecule has 2 atom stereocenters. The number of carbonyl (C=O) groups is 1. The predicted octanol–water partition coefficient (Wildman–Crippen LogP) is 4.28. The molecule has 3 aromatic rings. The summed E-state index contributed by atoms with van der Waals surface area (Å²) in [5, 5.41) is 0. The van der Waals surface area contributed by atoms with E-state index < -0.39 is 40.4 Å². The van der Waals surface area contributed by atoms with Crippen LogP contribution >= 0.6 is 0 Å². The first kappa shape index (κ1) is 23.2. The Kier molecular flexibility index (Phi) is 6.44. The van der Waals surface area contributed by atoms with Gasteiger partial charge in [0.05, 0.1) is 21.8 Å². The summed E-state index contributed by atoms with van der Waals surface area (Å²) < 4.78 is 73.7. The SMILES string of the molecule is C[C@@H](OC(=O)[C@H]1CCCN(S(=O)(=O)c2ccc(F)cc2)C1)c1nc2ccccc2n1C(F)F. The highest BCUT2D eigenvalue weighted by molar-refractivity contribution is 7.89. The van der Waals surface area contributed by atoms with Gasteiger partial charge >= 0.3 is 12.5 Å². The summed E-state index contributed by atoms with van der Waals surface area (Å²) in [6.07, 6.45) is -0.251. The minimum atomic E-state index is -3.92. The van der Waals surface area contributed by atoms with Crippen LogP contribution in [0.3, 0.4) is 0 Å². The van der Waals surface area contributed by atoms with Gasteiger partial charge in [-0.05, 0) is 56.2 Å². The Bertz CT molecular complexity index is 1260. The minimum Gasteiger partial charge on any atom is -0.454 e. The van der Waals surface area contributed by atoms with Gasteiger partial charge in [-0.2, -0.15) is 13.1 Å². The average molecular weight is 481 g/mol. The number of alkyl halides is 2. The molecule has 1 saturated heterocycles. The van der Waals surface area contributed by atoms with Crippen molar-refractivity contribution in [2.45, 2.75) is 37.3 Å². The number of halogens is 3. The quantitative estimate of drug-likeness (QED) is 0.491. The van der Waals surface area contributed by atoms with Crippen molar-refractivity contribution in [3.05, 3.63) is 60.2 Å². The Morgan fingerprint density at radius 3 is 2.55 bits per heavy atom. The van der Waals surface area contributed by atoms with Crippen LogP contribution in [0.25, 0.3) is 11.0 Å². The second kappa shape index (κ2) is 9.14. The van der Waals surface area contributed by atoms with Gasteiger partial charge in [0.2, 0.25) is 10.0 Å². The van der Waals surface area contributed by atoms with Gasteiger partial charge in [-0.15, -0.1) is 0 Å². The van der Waals surface area contributed by atoms with Crippen LogP contribution in [-0.4, -0.2) is 41.3 Å². The van der Waals surface area contributed by atoms with Crippen molar-refractivity contribution in [1.82, 2.24) is 13.9 Å². The lowest BCUT2D eigenvalue weighted by Crippen LogP contribution is -2.42. The van der Waals surface area contributed by atoms with Gasteiger partial charge in [0.1, 0.15) is 5.82 Å². The first-order chi connectivity index (χ1) is 15.7. The number of esters is 1. The second-order valence-electron chi connectivity index (χ2n) is 7.84. The number of hydrogen-bond donors (Lipinski definition) is 0. The van der Waals surface area contributed by atoms with Gasteiger partial charge < -0.3 is 4.74 Å². The second-order valence-corrected chi connectivity index (χ2v) is 9.78. The van der Waals surface area contributed by atoms with Crippen molar-refractivity contribution >= 4 is 27.0 Å². The number of piperidine rings is 1. The molecule has 33 heavy (non-hydrogen) atoms. The van der Waals surface area contributed by atoms with E-state index in [9.17, 15) is 26.4 Å². The Labute approximate surface area is 188 Å². The van der Waals surface area contributed by atoms with E-state index in [1.54, 1.807) is 18.2 Å². The van der Waals surface area contributed by atoms with E-state index in [0.29, 0.717) is 18.4 Å². The summed E-state index contributed by atoms with van der Waals surface area (Å²) in [7, 11) is -3.92. The maximum Gasteiger partial charge on any atom is 0.320 e. The zero-order chi connectivity index (χ0) is 23.8. The van der Waals surface area contributed by atoms with E-state index in [2.05, 4.69) is 4.98 Å². The van der Waals surface area contributed by atoms with Gasteiger partial charge in [0, 0.05) is 13.1 Å². The average Bonchev–Trinajstić information content (AvgIpc) is 3.19. The lowest BCUT2D eigenvalue weighted by Gasteiger charge is -2.31. The number of fused-ring (bicyclic) bond motifs is 1. The van der Waals surface area contributed by atoms with E-state index in [-0.39, 0.29) is 29.3 Å². The third kappa shape index (κ3) is 4.60. The maximum atomic E-state index is 13.7. The van der Waals surface area contributed by atoms with Crippen LogP contribution in [0.4, 0.5) is 13.2 Å². The molecule has 2 aromatic carbocycles. The van der Waals surface area contributed by atoms with E-state index in [0.717, 1.165) is 21.0 Å². The van der Waals surface area contributed by atoms with Crippen LogP contribution in [-0.2, 0) is 19.6 Å². The molecule has 0 aliphatic carbocycles. The number of carbonyl (C=O) groups excluding carboxylic acids is 1. The highest BCUT2D eigenvalue weighted by Crippen LogP contribution is 2.30. The van der Waals surface area contributed by atoms with Crippen LogP contribution in [0.5, 0.6) is 0 Å². The molecule has 2 heterocycles. The molecule has 176 valence electrons. The molecule has 1 fully saturated rings. The van der Waals surface area contributed by atoms with Crippen LogP contribution < -0.4 is 0 Å². The minimum absolute atomic E-state index is 0.0723. The Morgan fingerprint density at radius 2 is 1.85 bits per heavy atom. The normalized spacial score (nSPS) is 18.5. The fraction of sp³-hybridized carbons (Fsp3) is 0.364. The van der Waals surface area contributed by atoms with Crippen LogP contribution in [0, 0.1) is 11.7 Å². The summed E-state index contributed by atoms with van der Waals surface area (Å²) >= 11 is 0. The van der Waals surface area contributed by atoms with Crippen molar-refractivity contribution in [3.8, 4) is 0 Å². The van der Waals surface area contributed by atoms with E-state index in [1.807, 2.05) is 0 Å². The van der Waals surface area contributed by atoms with Gasteiger partial charge in [0.15, 0.2) is 11.9 Å². The van der Waals surface area contributed by atoms with Crippen molar-refractivity contribution in [1.29, 1.82) is 0 Å². The molecule has 1 aromatic heterocycles. The Hall–Kier alpha value is -2.92. The van der Waals surface area contributed by atoms with E-state index >= 15 is 0 Å². The summed E-state index contributed by atoms with van der Waals surface area (Å²) in [6.45, 7) is -1.33. The highest BCUT2D eigenvalue weighted by atomic mass is 32.2. The number of sulfonamides is 1. The van der Waals surface area contributed by atoms with Gasteiger partial charge in [-0.1, -0.05) is 12.1 Å². The molecule has 0 radical (unpaired) electrons. The lowest BCUT2D eigenvalue weighted by molar-refractivity contribution is -0.155. The molecular weight excluding hydrogens is 459 g/mol. The highest BCUT2D eigenvalue weighted by Gasteiger charge is 2.35. The molecule has 0 spiro atoms. The third-order valence-electron chi connectivity index (χ3n) is 5.64. The maximum absolute atomic E-state index is 13.7. The number of rotatable bonds is 6. The van der Waals surface area contributed by atoms with E-state index in [4.69, 9.17) is 4.74 Å². The molecular formula is C22H22F3N3O4S. The Balaban J connectivity index is 1.50. The standard InChI is InChI=1S/C22H22F3N3O4S/c1-14(20-26-18-6-2-3-7-19(18)28(20)22(24)25)32-21(29)15-5-4-12-27(13-15)33(30,31)17-10-8-16(23)9-11-17/h2-3,6-11,14-15,22H,4-5,12-13H2,1H3/t14-,15+/m1/s1. The summed E-state index contributed by atoms with van der Waals surface area (Å²) in [4.78, 5) is 16.9. The number of imidazole rings is 1. The van der Waals surface area contributed by atoms with Gasteiger partial charge in [-0.25, -0.2) is 17.8 Å². The van der Waals surface area contributed by atoms with Crippen LogP contribution in [0.2, 0.25) is 0 Å². The number of aromatic nitrogens is 2. The lowest BCUT2D eigenvalue weighted by atomic mass is 10.00. The number of nitrogens with zero attached hydrogens (tertiary/aromatic N) is 3. The van der Waals surface area contributed by atoms with Crippen LogP contribution in [0.15, 0.2) is 53.4 Å². The molecule has 1 aliphatic heterocycles. The van der Waals surface area contributed by atoms with Crippen LogP contribution in [0.1, 0.15) is 38.2 Å². The summed E-state index contributed by atoms with van der Waals surface area (Å²) in [5.74, 6) is -2.10. The van der Waals surface area contributed by atoms with Crippen molar-refractivity contribution < 1.29 is 31.1 Å². The molecule has 0 unspecified atom stereocenters. The molecule has 0 saturated carbocycles. The molecule has 0 N–H and O–H groups in total. The molecule has 7 nitrogen and oxygen atoms in total. The van der Waals surface area contributed by atoms with Gasteiger partial charge in [0.25, 0.3) is 0 Å². The van der Waals surface area contributed by atoms with Crippen molar-refractivity contribution in [3.63, 3.8) is 0 Å². The van der Waals surface area contributed by atoms with E-state index in [1.165, 1.54) is 25.1 Å². The zero-order valence-electron chi connectivity index (χ0n) is 17.7. The van der Waals surface area contributed by atoms with Gasteiger partial charge in [-0.3, -0.25) is 9.36 Å². The predicted molar refractivity (Wildman–Crippen MR) is 113 cm³/mol. The molecule has 0 amide bonds. The topological polar surface area (TPSA) is 81.5 Å². The Morgan fingerprint density at radius 1 is 1.15 bits per heavy atom. The fourth-order valence-corrected chi connectivity index (χ4v) is 5.51. The number of ether oxygens (including phenoxy) is 1. The molecule has 4 rings (SSSR count). The summed E-state index contributed by atoms with van der Waals surface area (Å²) in [6, 6.07) is 10.8. The molecule has 0 bridgehead atoms. The molecule has 11 heteroatoms. The fourth-order valence-electron chi connectivity index (χ4n) is 3.99. The number of para-hydroxylation sites is 2. The number of hydrogen-bond acceptors (Lipinski definition) is 5. The zero-order valence-corrected chi connectivity index (χ0v) is 18.5. The molecule has 1 aliphatic rings. The third-order valence-corrected chi connectivity index (χ3v) is 7.52. The van der Waals surface area contributed by atoms with Crippen molar-refractivity contribution in [2.24, 2.45) is 5.92 Å². The number of benzene rings is 2. The first-order valence-electron chi connectivity index (χ1n) is 10.4.